The molecule has 1 heterocycles. The van der Waals surface area contributed by atoms with Crippen LogP contribution < -0.4 is 4.31 Å². The van der Waals surface area contributed by atoms with Crippen LogP contribution in [0.5, 0.6) is 0 Å². The van der Waals surface area contributed by atoms with Crippen molar-refractivity contribution in [1.29, 1.82) is 0 Å². The van der Waals surface area contributed by atoms with Crippen LogP contribution in [0.2, 0.25) is 0 Å². The summed E-state index contributed by atoms with van der Waals surface area (Å²) in [6.07, 6.45) is -0.401. The molecule has 0 saturated carbocycles. The SMILES string of the molecule is CCOC(=O)N1CCN(C(=O)CN(c2ccccc2)S(=O)(=O)c2ccccc2)CC1. The Hall–Kier alpha value is -3.07. The molecule has 1 saturated heterocycles. The summed E-state index contributed by atoms with van der Waals surface area (Å²) in [7, 11) is -3.92. The topological polar surface area (TPSA) is 87.2 Å². The van der Waals surface area contributed by atoms with Gasteiger partial charge >= 0.3 is 6.09 Å². The molecule has 0 bridgehead atoms. The summed E-state index contributed by atoms with van der Waals surface area (Å²) in [6, 6.07) is 16.6. The molecule has 3 rings (SSSR count). The van der Waals surface area contributed by atoms with Crippen molar-refractivity contribution in [3.8, 4) is 0 Å². The van der Waals surface area contributed by atoms with Crippen molar-refractivity contribution in [2.45, 2.75) is 11.8 Å². The lowest BCUT2D eigenvalue weighted by Crippen LogP contribution is -2.53. The number of ether oxygens (including phenoxy) is 1. The number of carbonyl (C=O) groups is 2. The molecule has 1 fully saturated rings. The van der Waals surface area contributed by atoms with Gasteiger partial charge in [-0.05, 0) is 31.2 Å². The molecular formula is C21H25N3O5S. The van der Waals surface area contributed by atoms with Crippen molar-refractivity contribution in [3.63, 3.8) is 0 Å². The zero-order valence-corrected chi connectivity index (χ0v) is 17.6. The number of para-hydroxylation sites is 1. The fourth-order valence-electron chi connectivity index (χ4n) is 3.21. The summed E-state index contributed by atoms with van der Waals surface area (Å²) in [5.74, 6) is -0.318. The van der Waals surface area contributed by atoms with Gasteiger partial charge in [0.1, 0.15) is 6.54 Å². The molecule has 0 spiro atoms. The molecule has 0 aromatic heterocycles. The van der Waals surface area contributed by atoms with Gasteiger partial charge in [0, 0.05) is 26.2 Å². The first-order valence-corrected chi connectivity index (χ1v) is 11.2. The molecule has 0 atom stereocenters. The summed E-state index contributed by atoms with van der Waals surface area (Å²) in [5, 5.41) is 0. The van der Waals surface area contributed by atoms with Crippen molar-refractivity contribution < 1.29 is 22.7 Å². The van der Waals surface area contributed by atoms with Crippen molar-refractivity contribution in [3.05, 3.63) is 60.7 Å². The van der Waals surface area contributed by atoms with Crippen LogP contribution in [0, 0.1) is 0 Å². The fraction of sp³-hybridized carbons (Fsp3) is 0.333. The Morgan fingerprint density at radius 1 is 0.900 bits per heavy atom. The van der Waals surface area contributed by atoms with E-state index in [1.54, 1.807) is 65.3 Å². The second-order valence-electron chi connectivity index (χ2n) is 6.73. The minimum absolute atomic E-state index is 0.119. The molecule has 2 amide bonds. The van der Waals surface area contributed by atoms with E-state index in [-0.39, 0.29) is 17.3 Å². The first-order valence-electron chi connectivity index (χ1n) is 9.76. The molecule has 0 unspecified atom stereocenters. The number of rotatable bonds is 6. The smallest absolute Gasteiger partial charge is 0.409 e. The highest BCUT2D eigenvalue weighted by Gasteiger charge is 2.31. The van der Waals surface area contributed by atoms with Crippen LogP contribution in [0.25, 0.3) is 0 Å². The van der Waals surface area contributed by atoms with E-state index in [0.29, 0.717) is 38.5 Å². The maximum absolute atomic E-state index is 13.3. The number of nitrogens with zero attached hydrogens (tertiary/aromatic N) is 3. The van der Waals surface area contributed by atoms with E-state index < -0.39 is 16.1 Å². The van der Waals surface area contributed by atoms with Crippen LogP contribution in [0.3, 0.4) is 0 Å². The summed E-state index contributed by atoms with van der Waals surface area (Å²) in [6.45, 7) is 3.06. The van der Waals surface area contributed by atoms with Crippen molar-refractivity contribution in [2.75, 3.05) is 43.6 Å². The normalized spacial score (nSPS) is 14.3. The molecule has 30 heavy (non-hydrogen) atoms. The van der Waals surface area contributed by atoms with Crippen molar-refractivity contribution in [1.82, 2.24) is 9.80 Å². The lowest BCUT2D eigenvalue weighted by Gasteiger charge is -2.35. The third-order valence-electron chi connectivity index (χ3n) is 4.81. The second kappa shape index (κ2) is 9.62. The Morgan fingerprint density at radius 2 is 1.43 bits per heavy atom. The molecule has 8 nitrogen and oxygen atoms in total. The molecule has 2 aromatic rings. The first kappa shape index (κ1) is 21.6. The van der Waals surface area contributed by atoms with Gasteiger partial charge in [-0.25, -0.2) is 13.2 Å². The predicted molar refractivity (Wildman–Crippen MR) is 113 cm³/mol. The lowest BCUT2D eigenvalue weighted by atomic mass is 10.3. The highest BCUT2D eigenvalue weighted by Crippen LogP contribution is 2.23. The second-order valence-corrected chi connectivity index (χ2v) is 8.59. The van der Waals surface area contributed by atoms with E-state index in [1.165, 1.54) is 12.1 Å². The van der Waals surface area contributed by atoms with Crippen molar-refractivity contribution in [2.24, 2.45) is 0 Å². The summed E-state index contributed by atoms with van der Waals surface area (Å²) >= 11 is 0. The Bertz CT molecular complexity index is 959. The van der Waals surface area contributed by atoms with Gasteiger partial charge in [0.2, 0.25) is 5.91 Å². The molecule has 160 valence electrons. The van der Waals surface area contributed by atoms with Gasteiger partial charge in [0.05, 0.1) is 17.2 Å². The largest absolute Gasteiger partial charge is 0.450 e. The molecule has 0 N–H and O–H groups in total. The van der Waals surface area contributed by atoms with E-state index >= 15 is 0 Å². The fourth-order valence-corrected chi connectivity index (χ4v) is 4.64. The van der Waals surface area contributed by atoms with Gasteiger partial charge in [0.15, 0.2) is 0 Å². The zero-order chi connectivity index (χ0) is 21.6. The Labute approximate surface area is 176 Å². The van der Waals surface area contributed by atoms with E-state index in [2.05, 4.69) is 0 Å². The third kappa shape index (κ3) is 4.91. The Morgan fingerprint density at radius 3 is 2.00 bits per heavy atom. The van der Waals surface area contributed by atoms with Crippen LogP contribution in [0.15, 0.2) is 65.6 Å². The molecule has 2 aromatic carbocycles. The molecule has 1 aliphatic heterocycles. The lowest BCUT2D eigenvalue weighted by molar-refractivity contribution is -0.131. The highest BCUT2D eigenvalue weighted by molar-refractivity contribution is 7.92. The van der Waals surface area contributed by atoms with Gasteiger partial charge in [-0.2, -0.15) is 0 Å². The summed E-state index contributed by atoms with van der Waals surface area (Å²) in [5.41, 5.74) is 0.417. The maximum Gasteiger partial charge on any atom is 0.409 e. The Balaban J connectivity index is 1.76. The van der Waals surface area contributed by atoms with Crippen LogP contribution in [0.4, 0.5) is 10.5 Å². The summed E-state index contributed by atoms with van der Waals surface area (Å²) < 4.78 is 32.6. The predicted octanol–water partition coefficient (Wildman–Crippen LogP) is 2.18. The van der Waals surface area contributed by atoms with Gasteiger partial charge in [-0.1, -0.05) is 36.4 Å². The monoisotopic (exact) mass is 431 g/mol. The van der Waals surface area contributed by atoms with Gasteiger partial charge in [0.25, 0.3) is 10.0 Å². The van der Waals surface area contributed by atoms with Crippen LogP contribution in [-0.2, 0) is 19.6 Å². The number of benzene rings is 2. The first-order chi connectivity index (χ1) is 14.4. The molecule has 0 radical (unpaired) electrons. The number of hydrogen-bond acceptors (Lipinski definition) is 5. The molecule has 0 aliphatic carbocycles. The minimum atomic E-state index is -3.92. The minimum Gasteiger partial charge on any atom is -0.450 e. The average molecular weight is 432 g/mol. The van der Waals surface area contributed by atoms with E-state index in [1.807, 2.05) is 0 Å². The number of anilines is 1. The van der Waals surface area contributed by atoms with Crippen LogP contribution >= 0.6 is 0 Å². The molecule has 9 heteroatoms. The zero-order valence-electron chi connectivity index (χ0n) is 16.8. The quantitative estimate of drug-likeness (QED) is 0.700. The number of carbonyl (C=O) groups excluding carboxylic acids is 2. The molecule has 1 aliphatic rings. The summed E-state index contributed by atoms with van der Waals surface area (Å²) in [4.78, 5) is 28.0. The number of piperazine rings is 1. The standard InChI is InChI=1S/C21H25N3O5S/c1-2-29-21(26)23-15-13-22(14-16-23)20(25)17-24(18-9-5-3-6-10-18)30(27,28)19-11-7-4-8-12-19/h3-12H,2,13-17H2,1H3. The maximum atomic E-state index is 13.3. The highest BCUT2D eigenvalue weighted by atomic mass is 32.2. The van der Waals surface area contributed by atoms with Crippen LogP contribution in [0.1, 0.15) is 6.92 Å². The average Bonchev–Trinajstić information content (AvgIpc) is 2.78. The van der Waals surface area contributed by atoms with E-state index in [0.717, 1.165) is 4.31 Å². The third-order valence-corrected chi connectivity index (χ3v) is 6.60. The Kier molecular flexibility index (Phi) is 6.94. The van der Waals surface area contributed by atoms with Gasteiger partial charge < -0.3 is 14.5 Å². The van der Waals surface area contributed by atoms with Crippen LogP contribution in [-0.4, -0.2) is 69.5 Å². The molecular weight excluding hydrogens is 406 g/mol. The number of amides is 2. The van der Waals surface area contributed by atoms with Gasteiger partial charge in [-0.15, -0.1) is 0 Å². The number of hydrogen-bond donors (Lipinski definition) is 0. The van der Waals surface area contributed by atoms with Gasteiger partial charge in [-0.3, -0.25) is 9.10 Å². The van der Waals surface area contributed by atoms with Crippen molar-refractivity contribution >= 4 is 27.7 Å². The van der Waals surface area contributed by atoms with E-state index in [4.69, 9.17) is 4.74 Å². The van der Waals surface area contributed by atoms with E-state index in [9.17, 15) is 18.0 Å². The number of sulfonamides is 1.